The Labute approximate surface area is 227 Å². The summed E-state index contributed by atoms with van der Waals surface area (Å²) in [5.74, 6) is 1.85. The number of amides is 2. The lowest BCUT2D eigenvalue weighted by Gasteiger charge is -2.34. The van der Waals surface area contributed by atoms with Crippen LogP contribution in [0.1, 0.15) is 86.6 Å². The van der Waals surface area contributed by atoms with Crippen molar-refractivity contribution < 1.29 is 19.1 Å². The molecule has 2 aromatic rings. The van der Waals surface area contributed by atoms with Gasteiger partial charge in [0.2, 0.25) is 11.8 Å². The van der Waals surface area contributed by atoms with Crippen LogP contribution in [0.3, 0.4) is 0 Å². The van der Waals surface area contributed by atoms with Gasteiger partial charge in [0.05, 0.1) is 13.7 Å². The van der Waals surface area contributed by atoms with Crippen LogP contribution >= 0.6 is 0 Å². The van der Waals surface area contributed by atoms with Crippen LogP contribution in [-0.4, -0.2) is 48.4 Å². The normalized spacial score (nSPS) is 18.8. The van der Waals surface area contributed by atoms with Gasteiger partial charge in [0.25, 0.3) is 0 Å². The van der Waals surface area contributed by atoms with E-state index in [-0.39, 0.29) is 25.0 Å². The number of rotatable bonds is 11. The van der Waals surface area contributed by atoms with Crippen LogP contribution in [0.15, 0.2) is 36.4 Å². The van der Waals surface area contributed by atoms with Crippen LogP contribution in [0.5, 0.6) is 11.5 Å². The molecule has 1 aliphatic heterocycles. The van der Waals surface area contributed by atoms with Gasteiger partial charge in [-0.3, -0.25) is 19.4 Å². The van der Waals surface area contributed by atoms with Gasteiger partial charge in [-0.15, -0.1) is 0 Å². The number of hydrogen-bond donors (Lipinski definition) is 0. The average molecular weight is 519 g/mol. The van der Waals surface area contributed by atoms with Gasteiger partial charge < -0.3 is 9.47 Å². The van der Waals surface area contributed by atoms with Crippen LogP contribution in [-0.2, 0) is 29.0 Å². The summed E-state index contributed by atoms with van der Waals surface area (Å²) in [4.78, 5) is 27.7. The van der Waals surface area contributed by atoms with Crippen molar-refractivity contribution in [3.8, 4) is 11.5 Å². The Kier molecular flexibility index (Phi) is 8.68. The van der Waals surface area contributed by atoms with E-state index in [4.69, 9.17) is 9.47 Å². The van der Waals surface area contributed by atoms with Gasteiger partial charge >= 0.3 is 0 Å². The molecule has 2 aromatic carbocycles. The molecular formula is C32H42N2O4. The maximum atomic E-state index is 11.9. The fraction of sp³-hybridized carbons (Fsp3) is 0.562. The molecule has 1 heterocycles. The Balaban J connectivity index is 1.28. The fourth-order valence-corrected chi connectivity index (χ4v) is 6.41. The summed E-state index contributed by atoms with van der Waals surface area (Å²) >= 11 is 0. The molecule has 204 valence electrons. The molecule has 1 saturated heterocycles. The number of nitrogens with zero attached hydrogens (tertiary/aromatic N) is 2. The minimum absolute atomic E-state index is 0.114. The maximum Gasteiger partial charge on any atom is 0.229 e. The molecule has 0 spiro atoms. The van der Waals surface area contributed by atoms with E-state index in [1.54, 1.807) is 7.11 Å². The van der Waals surface area contributed by atoms with Gasteiger partial charge in [0.15, 0.2) is 11.5 Å². The summed E-state index contributed by atoms with van der Waals surface area (Å²) < 4.78 is 11.6. The summed E-state index contributed by atoms with van der Waals surface area (Å²) in [6.07, 6.45) is 11.0. The second-order valence-corrected chi connectivity index (χ2v) is 11.3. The van der Waals surface area contributed by atoms with Crippen molar-refractivity contribution in [3.05, 3.63) is 58.7 Å². The van der Waals surface area contributed by atoms with E-state index in [9.17, 15) is 9.59 Å². The molecule has 0 aromatic heterocycles. The molecule has 5 rings (SSSR count). The van der Waals surface area contributed by atoms with Crippen LogP contribution in [0.25, 0.3) is 0 Å². The van der Waals surface area contributed by atoms with E-state index >= 15 is 0 Å². The number of likely N-dealkylation sites (tertiary alicyclic amines) is 1. The zero-order chi connectivity index (χ0) is 26.5. The van der Waals surface area contributed by atoms with Gasteiger partial charge in [-0.1, -0.05) is 43.5 Å². The molecule has 6 nitrogen and oxygen atoms in total. The number of fused-ring (bicyclic) bond motifs is 1. The Bertz CT molecular complexity index is 1120. The van der Waals surface area contributed by atoms with E-state index in [2.05, 4.69) is 42.2 Å². The smallest absolute Gasteiger partial charge is 0.229 e. The highest BCUT2D eigenvalue weighted by molar-refractivity contribution is 6.01. The summed E-state index contributed by atoms with van der Waals surface area (Å²) in [5.41, 5.74) is 5.67. The second kappa shape index (κ2) is 12.3. The van der Waals surface area contributed by atoms with Gasteiger partial charge in [0, 0.05) is 32.0 Å². The molecule has 3 aliphatic rings. The van der Waals surface area contributed by atoms with Gasteiger partial charge in [-0.05, 0) is 79.3 Å². The van der Waals surface area contributed by atoms with E-state index in [0.717, 1.165) is 19.0 Å². The first-order valence-electron chi connectivity index (χ1n) is 14.5. The van der Waals surface area contributed by atoms with Crippen LogP contribution < -0.4 is 9.47 Å². The Morgan fingerprint density at radius 1 is 0.895 bits per heavy atom. The standard InChI is InChI=1S/C32H42N2O4/c1-23(27-13-12-26-9-6-10-28(26)20-27)33(21-24-7-4-3-5-8-24)22-25-11-14-29(30(19-25)37-2)38-18-17-34-31(35)15-16-32(34)36/h11-14,19-20,23-24H,3-10,15-18,21-22H2,1-2H3. The predicted octanol–water partition coefficient (Wildman–Crippen LogP) is 5.86. The number of carbonyl (C=O) groups is 2. The first-order chi connectivity index (χ1) is 18.5. The molecule has 0 N–H and O–H groups in total. The molecule has 2 amide bonds. The number of aryl methyl sites for hydroxylation is 2. The Hall–Kier alpha value is -2.86. The van der Waals surface area contributed by atoms with Gasteiger partial charge in [-0.2, -0.15) is 0 Å². The number of carbonyl (C=O) groups excluding carboxylic acids is 2. The molecule has 2 aliphatic carbocycles. The topological polar surface area (TPSA) is 59.1 Å². The van der Waals surface area contributed by atoms with Crippen molar-refractivity contribution in [2.75, 3.05) is 26.8 Å². The van der Waals surface area contributed by atoms with Crippen molar-refractivity contribution in [1.29, 1.82) is 0 Å². The molecule has 6 heteroatoms. The SMILES string of the molecule is COc1cc(CN(CC2CCCCC2)C(C)c2ccc3c(c2)CCC3)ccc1OCCN1C(=O)CCC1=O. The first kappa shape index (κ1) is 26.7. The highest BCUT2D eigenvalue weighted by Crippen LogP contribution is 2.34. The van der Waals surface area contributed by atoms with Crippen molar-refractivity contribution in [2.45, 2.75) is 83.7 Å². The zero-order valence-corrected chi connectivity index (χ0v) is 23.0. The fourth-order valence-electron chi connectivity index (χ4n) is 6.41. The average Bonchev–Trinajstić information content (AvgIpc) is 3.54. The van der Waals surface area contributed by atoms with Crippen LogP contribution in [0.2, 0.25) is 0 Å². The van der Waals surface area contributed by atoms with Gasteiger partial charge in [-0.25, -0.2) is 0 Å². The quantitative estimate of drug-likeness (QED) is 0.349. The number of hydrogen-bond acceptors (Lipinski definition) is 5. The van der Waals surface area contributed by atoms with E-state index in [1.807, 2.05) is 6.07 Å². The highest BCUT2D eigenvalue weighted by atomic mass is 16.5. The highest BCUT2D eigenvalue weighted by Gasteiger charge is 2.28. The van der Waals surface area contributed by atoms with E-state index < -0.39 is 0 Å². The van der Waals surface area contributed by atoms with E-state index in [0.29, 0.717) is 30.4 Å². The third kappa shape index (κ3) is 6.23. The molecule has 38 heavy (non-hydrogen) atoms. The van der Waals surface area contributed by atoms with Crippen molar-refractivity contribution in [3.63, 3.8) is 0 Å². The Morgan fingerprint density at radius 2 is 1.66 bits per heavy atom. The van der Waals surface area contributed by atoms with E-state index in [1.165, 1.54) is 78.5 Å². The number of ether oxygens (including phenoxy) is 2. The lowest BCUT2D eigenvalue weighted by Crippen LogP contribution is -2.33. The molecule has 2 fully saturated rings. The molecular weight excluding hydrogens is 476 g/mol. The number of imide groups is 1. The third-order valence-corrected chi connectivity index (χ3v) is 8.71. The van der Waals surface area contributed by atoms with Crippen LogP contribution in [0.4, 0.5) is 0 Å². The van der Waals surface area contributed by atoms with Crippen molar-refractivity contribution in [1.82, 2.24) is 9.80 Å². The summed E-state index contributed by atoms with van der Waals surface area (Å²) in [5, 5.41) is 0. The predicted molar refractivity (Wildman–Crippen MR) is 148 cm³/mol. The Morgan fingerprint density at radius 3 is 2.42 bits per heavy atom. The number of benzene rings is 2. The van der Waals surface area contributed by atoms with Crippen molar-refractivity contribution in [2.24, 2.45) is 5.92 Å². The largest absolute Gasteiger partial charge is 0.493 e. The van der Waals surface area contributed by atoms with Gasteiger partial charge in [0.1, 0.15) is 6.61 Å². The summed E-state index contributed by atoms with van der Waals surface area (Å²) in [6, 6.07) is 13.6. The number of methoxy groups -OCH3 is 1. The summed E-state index contributed by atoms with van der Waals surface area (Å²) in [6.45, 7) is 4.85. The third-order valence-electron chi connectivity index (χ3n) is 8.71. The molecule has 1 unspecified atom stereocenters. The molecule has 0 radical (unpaired) electrons. The minimum Gasteiger partial charge on any atom is -0.493 e. The van der Waals surface area contributed by atoms with Crippen molar-refractivity contribution >= 4 is 11.8 Å². The molecule has 1 atom stereocenters. The molecule has 0 bridgehead atoms. The minimum atomic E-state index is -0.114. The first-order valence-corrected chi connectivity index (χ1v) is 14.5. The lowest BCUT2D eigenvalue weighted by molar-refractivity contribution is -0.138. The maximum absolute atomic E-state index is 11.9. The van der Waals surface area contributed by atoms with Crippen LogP contribution in [0, 0.1) is 5.92 Å². The second-order valence-electron chi connectivity index (χ2n) is 11.3. The molecule has 1 saturated carbocycles. The summed E-state index contributed by atoms with van der Waals surface area (Å²) in [7, 11) is 1.66. The monoisotopic (exact) mass is 518 g/mol. The zero-order valence-electron chi connectivity index (χ0n) is 23.0. The lowest BCUT2D eigenvalue weighted by atomic mass is 9.88.